The Kier molecular flexibility index (Phi) is 4.02. The van der Waals surface area contributed by atoms with E-state index in [4.69, 9.17) is 5.11 Å². The van der Waals surface area contributed by atoms with Crippen molar-refractivity contribution in [2.24, 2.45) is 11.8 Å². The molecule has 1 N–H and O–H groups in total. The van der Waals surface area contributed by atoms with Gasteiger partial charge >= 0.3 is 5.97 Å². The van der Waals surface area contributed by atoms with E-state index in [0.29, 0.717) is 13.1 Å². The maximum Gasteiger partial charge on any atom is 0.308 e. The fourth-order valence-electron chi connectivity index (χ4n) is 2.42. The average molecular weight is 316 g/mol. The van der Waals surface area contributed by atoms with Crippen LogP contribution >= 0.6 is 15.9 Å². The molecule has 0 aromatic heterocycles. The summed E-state index contributed by atoms with van der Waals surface area (Å²) >= 11 is 3.39. The van der Waals surface area contributed by atoms with Gasteiger partial charge in [-0.05, 0) is 29.7 Å². The number of benzene rings is 1. The van der Waals surface area contributed by atoms with E-state index in [9.17, 15) is 9.18 Å². The van der Waals surface area contributed by atoms with E-state index in [1.807, 2.05) is 6.92 Å². The Morgan fingerprint density at radius 1 is 1.56 bits per heavy atom. The molecule has 1 aromatic carbocycles. The molecule has 1 saturated heterocycles. The summed E-state index contributed by atoms with van der Waals surface area (Å²) in [4.78, 5) is 13.1. The summed E-state index contributed by atoms with van der Waals surface area (Å²) in [5.41, 5.74) is 0.855. The van der Waals surface area contributed by atoms with Gasteiger partial charge in [0.15, 0.2) is 0 Å². The van der Waals surface area contributed by atoms with Gasteiger partial charge in [-0.15, -0.1) is 0 Å². The molecule has 98 valence electrons. The second-order valence-electron chi connectivity index (χ2n) is 4.85. The first-order chi connectivity index (χ1) is 8.47. The van der Waals surface area contributed by atoms with Crippen LogP contribution in [0.15, 0.2) is 22.7 Å². The van der Waals surface area contributed by atoms with Gasteiger partial charge in [0, 0.05) is 24.1 Å². The molecule has 3 nitrogen and oxygen atoms in total. The normalized spacial score (nSPS) is 24.4. The highest BCUT2D eigenvalue weighted by atomic mass is 79.9. The molecule has 1 aliphatic rings. The summed E-state index contributed by atoms with van der Waals surface area (Å²) in [5, 5.41) is 9.07. The van der Waals surface area contributed by atoms with Gasteiger partial charge in [0.2, 0.25) is 0 Å². The Hall–Kier alpha value is -0.940. The Labute approximate surface area is 114 Å². The maximum atomic E-state index is 13.2. The summed E-state index contributed by atoms with van der Waals surface area (Å²) < 4.78 is 14.0. The molecule has 0 amide bonds. The highest BCUT2D eigenvalue weighted by Crippen LogP contribution is 2.27. The van der Waals surface area contributed by atoms with E-state index in [2.05, 4.69) is 20.8 Å². The number of aliphatic carboxylic acids is 1. The number of rotatable bonds is 3. The average Bonchev–Trinajstić information content (AvgIpc) is 2.65. The predicted octanol–water partition coefficient (Wildman–Crippen LogP) is 2.74. The van der Waals surface area contributed by atoms with Gasteiger partial charge in [-0.3, -0.25) is 9.69 Å². The Bertz CT molecular complexity index is 466. The predicted molar refractivity (Wildman–Crippen MR) is 69.7 cm³/mol. The smallest absolute Gasteiger partial charge is 0.308 e. The van der Waals surface area contributed by atoms with Gasteiger partial charge in [-0.25, -0.2) is 4.39 Å². The van der Waals surface area contributed by atoms with E-state index in [0.717, 1.165) is 16.6 Å². The zero-order valence-electron chi connectivity index (χ0n) is 10.1. The number of hydrogen-bond acceptors (Lipinski definition) is 2. The molecule has 0 aliphatic carbocycles. The van der Waals surface area contributed by atoms with Crippen LogP contribution < -0.4 is 0 Å². The SMILES string of the molecule is C[C@@H]1CN(Cc2cc(F)ccc2Br)C[C@H]1C(=O)O. The zero-order chi connectivity index (χ0) is 13.3. The van der Waals surface area contributed by atoms with E-state index in [1.165, 1.54) is 12.1 Å². The number of carboxylic acid groups (broad SMARTS) is 1. The Balaban J connectivity index is 2.07. The summed E-state index contributed by atoms with van der Waals surface area (Å²) in [6, 6.07) is 4.57. The van der Waals surface area contributed by atoms with Crippen LogP contribution in [0.1, 0.15) is 12.5 Å². The molecule has 0 spiro atoms. The van der Waals surface area contributed by atoms with Crippen LogP contribution in [0.2, 0.25) is 0 Å². The molecule has 0 radical (unpaired) electrons. The lowest BCUT2D eigenvalue weighted by Crippen LogP contribution is -2.23. The molecule has 1 heterocycles. The van der Waals surface area contributed by atoms with Crippen molar-refractivity contribution >= 4 is 21.9 Å². The lowest BCUT2D eigenvalue weighted by Gasteiger charge is -2.16. The molecule has 0 saturated carbocycles. The van der Waals surface area contributed by atoms with Crippen LogP contribution in [0.5, 0.6) is 0 Å². The minimum absolute atomic E-state index is 0.134. The highest BCUT2D eigenvalue weighted by molar-refractivity contribution is 9.10. The van der Waals surface area contributed by atoms with E-state index in [-0.39, 0.29) is 17.7 Å². The quantitative estimate of drug-likeness (QED) is 0.932. The third-order valence-electron chi connectivity index (χ3n) is 3.41. The van der Waals surface area contributed by atoms with Crippen molar-refractivity contribution in [1.29, 1.82) is 0 Å². The fraction of sp³-hybridized carbons (Fsp3) is 0.462. The number of carboxylic acids is 1. The molecule has 1 aromatic rings. The third-order valence-corrected chi connectivity index (χ3v) is 4.18. The first-order valence-corrected chi connectivity index (χ1v) is 6.65. The van der Waals surface area contributed by atoms with Gasteiger partial charge in [0.05, 0.1) is 5.92 Å². The van der Waals surface area contributed by atoms with E-state index < -0.39 is 5.97 Å². The standard InChI is InChI=1S/C13H15BrFNO2/c1-8-5-16(7-11(8)13(17)18)6-9-4-10(15)2-3-12(9)14/h2-4,8,11H,5-7H2,1H3,(H,17,18)/t8-,11-/m1/s1. The number of likely N-dealkylation sites (tertiary alicyclic amines) is 1. The first kappa shape index (κ1) is 13.5. The van der Waals surface area contributed by atoms with Crippen molar-refractivity contribution in [3.63, 3.8) is 0 Å². The van der Waals surface area contributed by atoms with Crippen LogP contribution in [0.4, 0.5) is 4.39 Å². The van der Waals surface area contributed by atoms with Gasteiger partial charge < -0.3 is 5.11 Å². The van der Waals surface area contributed by atoms with Crippen molar-refractivity contribution in [1.82, 2.24) is 4.90 Å². The molecule has 5 heteroatoms. The fourth-order valence-corrected chi connectivity index (χ4v) is 2.80. The number of nitrogens with zero attached hydrogens (tertiary/aromatic N) is 1. The summed E-state index contributed by atoms with van der Waals surface area (Å²) in [6.07, 6.45) is 0. The van der Waals surface area contributed by atoms with E-state index in [1.54, 1.807) is 6.07 Å². The van der Waals surface area contributed by atoms with Gasteiger partial charge in [0.25, 0.3) is 0 Å². The van der Waals surface area contributed by atoms with Crippen molar-refractivity contribution < 1.29 is 14.3 Å². The van der Waals surface area contributed by atoms with Crippen molar-refractivity contribution in [2.45, 2.75) is 13.5 Å². The van der Waals surface area contributed by atoms with Crippen LogP contribution in [-0.2, 0) is 11.3 Å². The lowest BCUT2D eigenvalue weighted by atomic mass is 9.99. The van der Waals surface area contributed by atoms with Crippen LogP contribution in [0.25, 0.3) is 0 Å². The zero-order valence-corrected chi connectivity index (χ0v) is 11.7. The number of hydrogen-bond donors (Lipinski definition) is 1. The van der Waals surface area contributed by atoms with Crippen LogP contribution in [0.3, 0.4) is 0 Å². The summed E-state index contributed by atoms with van der Waals surface area (Å²) in [6.45, 7) is 3.78. The maximum absolute atomic E-state index is 13.2. The van der Waals surface area contributed by atoms with Crippen LogP contribution in [0, 0.1) is 17.7 Å². The second kappa shape index (κ2) is 5.36. The molecule has 1 fully saturated rings. The van der Waals surface area contributed by atoms with Crippen molar-refractivity contribution in [2.75, 3.05) is 13.1 Å². The second-order valence-corrected chi connectivity index (χ2v) is 5.71. The molecule has 2 atom stereocenters. The first-order valence-electron chi connectivity index (χ1n) is 5.86. The van der Waals surface area contributed by atoms with E-state index >= 15 is 0 Å². The highest BCUT2D eigenvalue weighted by Gasteiger charge is 2.34. The van der Waals surface area contributed by atoms with Gasteiger partial charge in [-0.1, -0.05) is 22.9 Å². The number of halogens is 2. The summed E-state index contributed by atoms with van der Waals surface area (Å²) in [7, 11) is 0. The van der Waals surface area contributed by atoms with Crippen LogP contribution in [-0.4, -0.2) is 29.1 Å². The summed E-state index contributed by atoms with van der Waals surface area (Å²) in [5.74, 6) is -1.20. The van der Waals surface area contributed by atoms with Crippen molar-refractivity contribution in [3.05, 3.63) is 34.1 Å². The molecule has 18 heavy (non-hydrogen) atoms. The molecular weight excluding hydrogens is 301 g/mol. The third kappa shape index (κ3) is 2.90. The molecular formula is C13H15BrFNO2. The molecule has 0 bridgehead atoms. The molecule has 0 unspecified atom stereocenters. The monoisotopic (exact) mass is 315 g/mol. The minimum atomic E-state index is -0.747. The lowest BCUT2D eigenvalue weighted by molar-refractivity contribution is -0.142. The van der Waals surface area contributed by atoms with Gasteiger partial charge in [-0.2, -0.15) is 0 Å². The Morgan fingerprint density at radius 2 is 2.28 bits per heavy atom. The largest absolute Gasteiger partial charge is 0.481 e. The number of carbonyl (C=O) groups is 1. The van der Waals surface area contributed by atoms with Gasteiger partial charge in [0.1, 0.15) is 5.82 Å². The van der Waals surface area contributed by atoms with Crippen molar-refractivity contribution in [3.8, 4) is 0 Å². The minimum Gasteiger partial charge on any atom is -0.481 e. The molecule has 1 aliphatic heterocycles. The molecule has 2 rings (SSSR count). The Morgan fingerprint density at radius 3 is 2.89 bits per heavy atom. The topological polar surface area (TPSA) is 40.5 Å².